The maximum absolute atomic E-state index is 13.6. The van der Waals surface area contributed by atoms with Gasteiger partial charge >= 0.3 is 0 Å². The number of anilines is 1. The summed E-state index contributed by atoms with van der Waals surface area (Å²) in [6.07, 6.45) is 0.995. The number of amides is 2. The second-order valence-corrected chi connectivity index (χ2v) is 12.3. The topological polar surface area (TPSA) is 104 Å². The molecule has 0 aromatic heterocycles. The number of nitrogens with one attached hydrogen (secondary N) is 1. The van der Waals surface area contributed by atoms with Crippen molar-refractivity contribution in [1.82, 2.24) is 10.2 Å². The molecule has 0 aliphatic heterocycles. The lowest BCUT2D eigenvalue weighted by atomic mass is 10.1. The van der Waals surface area contributed by atoms with Crippen molar-refractivity contribution in [3.8, 4) is 0 Å². The third kappa shape index (κ3) is 8.47. The van der Waals surface area contributed by atoms with Gasteiger partial charge in [0.15, 0.2) is 5.78 Å². The second-order valence-electron chi connectivity index (χ2n) is 9.44. The molecule has 0 fully saturated rings. The van der Waals surface area contributed by atoms with Crippen LogP contribution in [0.4, 0.5) is 5.69 Å². The number of hydrogen-bond donors (Lipinski definition) is 1. The van der Waals surface area contributed by atoms with Crippen molar-refractivity contribution >= 4 is 49.2 Å². The van der Waals surface area contributed by atoms with E-state index in [0.29, 0.717) is 5.56 Å². The highest BCUT2D eigenvalue weighted by Crippen LogP contribution is 2.21. The van der Waals surface area contributed by atoms with Crippen molar-refractivity contribution in [3.05, 3.63) is 64.1 Å². The Bertz CT molecular complexity index is 1210. The maximum Gasteiger partial charge on any atom is 0.244 e. The van der Waals surface area contributed by atoms with E-state index in [0.717, 1.165) is 20.6 Å². The molecule has 2 amide bonds. The summed E-state index contributed by atoms with van der Waals surface area (Å²) in [5.74, 6) is -1.14. The second kappa shape index (κ2) is 11.3. The summed E-state index contributed by atoms with van der Waals surface area (Å²) in [5.41, 5.74) is 0.782. The van der Waals surface area contributed by atoms with E-state index in [1.807, 2.05) is 45.0 Å². The van der Waals surface area contributed by atoms with Gasteiger partial charge in [0.1, 0.15) is 12.6 Å². The Kier molecular flexibility index (Phi) is 9.24. The van der Waals surface area contributed by atoms with Crippen LogP contribution in [0, 0.1) is 0 Å². The lowest BCUT2D eigenvalue weighted by Crippen LogP contribution is -2.54. The van der Waals surface area contributed by atoms with Crippen molar-refractivity contribution in [2.75, 3.05) is 17.1 Å². The largest absolute Gasteiger partial charge is 0.350 e. The summed E-state index contributed by atoms with van der Waals surface area (Å²) in [5, 5.41) is 2.88. The molecule has 0 aliphatic rings. The van der Waals surface area contributed by atoms with Gasteiger partial charge in [0, 0.05) is 22.1 Å². The van der Waals surface area contributed by atoms with Crippen molar-refractivity contribution < 1.29 is 22.8 Å². The number of carbonyl (C=O) groups is 3. The number of ketones is 1. The third-order valence-electron chi connectivity index (χ3n) is 5.13. The minimum Gasteiger partial charge on any atom is -0.350 e. The zero-order valence-corrected chi connectivity index (χ0v) is 23.2. The molecule has 190 valence electrons. The first kappa shape index (κ1) is 28.5. The number of carbonyl (C=O) groups excluding carboxylic acids is 3. The van der Waals surface area contributed by atoms with Gasteiger partial charge in [-0.25, -0.2) is 8.42 Å². The number of Topliss-reactive ketones (excluding diaryl/α,β-unsaturated/α-hetero) is 1. The molecule has 1 N–H and O–H groups in total. The normalized spacial score (nSPS) is 12.5. The van der Waals surface area contributed by atoms with Crippen LogP contribution in [0.25, 0.3) is 0 Å². The maximum atomic E-state index is 13.6. The fraction of sp³-hybridized carbons (Fsp3) is 0.400. The van der Waals surface area contributed by atoms with E-state index in [1.165, 1.54) is 24.0 Å². The predicted molar refractivity (Wildman–Crippen MR) is 141 cm³/mol. The Balaban J connectivity index is 2.45. The summed E-state index contributed by atoms with van der Waals surface area (Å²) in [6.45, 7) is 8.08. The molecule has 0 saturated carbocycles. The molecule has 0 bridgehead atoms. The van der Waals surface area contributed by atoms with Crippen LogP contribution in [0.15, 0.2) is 53.0 Å². The fourth-order valence-corrected chi connectivity index (χ4v) is 4.67. The van der Waals surface area contributed by atoms with Crippen LogP contribution in [0.2, 0.25) is 0 Å². The van der Waals surface area contributed by atoms with Crippen LogP contribution in [0.3, 0.4) is 0 Å². The fourth-order valence-electron chi connectivity index (χ4n) is 3.38. The highest BCUT2D eigenvalue weighted by Gasteiger charge is 2.31. The summed E-state index contributed by atoms with van der Waals surface area (Å²) in [4.78, 5) is 39.7. The van der Waals surface area contributed by atoms with E-state index in [2.05, 4.69) is 21.2 Å². The summed E-state index contributed by atoms with van der Waals surface area (Å²) >= 11 is 3.41. The van der Waals surface area contributed by atoms with Crippen molar-refractivity contribution in [2.45, 2.75) is 52.7 Å². The number of nitrogens with zero attached hydrogens (tertiary/aromatic N) is 2. The Hall–Kier alpha value is -2.72. The number of sulfonamides is 1. The molecule has 1 atom stereocenters. The highest BCUT2D eigenvalue weighted by atomic mass is 79.9. The monoisotopic (exact) mass is 565 g/mol. The van der Waals surface area contributed by atoms with Crippen LogP contribution in [0.1, 0.15) is 50.5 Å². The SMILES string of the molecule is CC(=O)c1cccc(N(CC(=O)N(Cc2cccc(Br)c2)C(C)C(=O)NC(C)(C)C)S(C)(=O)=O)c1. The molecule has 0 spiro atoms. The first-order chi connectivity index (χ1) is 16.1. The van der Waals surface area contributed by atoms with Crippen LogP contribution in [-0.2, 0) is 26.2 Å². The van der Waals surface area contributed by atoms with Crippen LogP contribution in [-0.4, -0.2) is 55.3 Å². The minimum atomic E-state index is -3.88. The number of halogens is 1. The van der Waals surface area contributed by atoms with Gasteiger partial charge in [0.25, 0.3) is 0 Å². The zero-order chi connectivity index (χ0) is 26.6. The molecule has 2 aromatic rings. The zero-order valence-electron chi connectivity index (χ0n) is 20.8. The van der Waals surface area contributed by atoms with Crippen molar-refractivity contribution in [3.63, 3.8) is 0 Å². The van der Waals surface area contributed by atoms with Gasteiger partial charge in [-0.1, -0.05) is 40.2 Å². The van der Waals surface area contributed by atoms with E-state index in [-0.39, 0.29) is 23.9 Å². The van der Waals surface area contributed by atoms with E-state index in [1.54, 1.807) is 19.1 Å². The quantitative estimate of drug-likeness (QED) is 0.466. The average molecular weight is 567 g/mol. The molecule has 2 aromatic carbocycles. The smallest absolute Gasteiger partial charge is 0.244 e. The molecule has 2 rings (SSSR count). The Labute approximate surface area is 215 Å². The molecule has 0 heterocycles. The van der Waals surface area contributed by atoms with Gasteiger partial charge in [-0.05, 0) is 64.4 Å². The molecule has 10 heteroatoms. The Morgan fingerprint density at radius 2 is 1.69 bits per heavy atom. The van der Waals surface area contributed by atoms with Gasteiger partial charge < -0.3 is 10.2 Å². The van der Waals surface area contributed by atoms with Gasteiger partial charge in [0.05, 0.1) is 11.9 Å². The van der Waals surface area contributed by atoms with Gasteiger partial charge in [-0.2, -0.15) is 0 Å². The summed E-state index contributed by atoms with van der Waals surface area (Å²) in [6, 6.07) is 12.5. The predicted octanol–water partition coefficient (Wildman–Crippen LogP) is 3.75. The molecule has 0 radical (unpaired) electrons. The first-order valence-corrected chi connectivity index (χ1v) is 13.7. The lowest BCUT2D eigenvalue weighted by Gasteiger charge is -2.33. The van der Waals surface area contributed by atoms with Gasteiger partial charge in [0.2, 0.25) is 21.8 Å². The van der Waals surface area contributed by atoms with E-state index in [4.69, 9.17) is 0 Å². The van der Waals surface area contributed by atoms with Crippen LogP contribution >= 0.6 is 15.9 Å². The van der Waals surface area contributed by atoms with Crippen LogP contribution < -0.4 is 9.62 Å². The molecule has 35 heavy (non-hydrogen) atoms. The van der Waals surface area contributed by atoms with Crippen molar-refractivity contribution in [2.24, 2.45) is 0 Å². The first-order valence-electron chi connectivity index (χ1n) is 11.0. The van der Waals surface area contributed by atoms with Crippen molar-refractivity contribution in [1.29, 1.82) is 0 Å². The Morgan fingerprint density at radius 3 is 2.23 bits per heavy atom. The lowest BCUT2D eigenvalue weighted by molar-refractivity contribution is -0.140. The molecule has 1 unspecified atom stereocenters. The highest BCUT2D eigenvalue weighted by molar-refractivity contribution is 9.10. The van der Waals surface area contributed by atoms with E-state index < -0.39 is 34.1 Å². The minimum absolute atomic E-state index is 0.0993. The molecule has 0 saturated heterocycles. The number of rotatable bonds is 9. The molecular weight excluding hydrogens is 534 g/mol. The molecule has 0 aliphatic carbocycles. The molecule has 8 nitrogen and oxygen atoms in total. The summed E-state index contributed by atoms with van der Waals surface area (Å²) in [7, 11) is -3.88. The standard InChI is InChI=1S/C25H32BrN3O5S/c1-17(24(32)27-25(3,4)5)28(15-19-9-7-11-21(26)13-19)23(31)16-29(35(6,33)34)22-12-8-10-20(14-22)18(2)30/h7-14,17H,15-16H2,1-6H3,(H,27,32). The number of hydrogen-bond acceptors (Lipinski definition) is 5. The van der Waals surface area contributed by atoms with E-state index in [9.17, 15) is 22.8 Å². The van der Waals surface area contributed by atoms with E-state index >= 15 is 0 Å². The third-order valence-corrected chi connectivity index (χ3v) is 6.76. The van der Waals surface area contributed by atoms with Gasteiger partial charge in [-0.3, -0.25) is 18.7 Å². The Morgan fingerprint density at radius 1 is 1.06 bits per heavy atom. The summed E-state index contributed by atoms with van der Waals surface area (Å²) < 4.78 is 27.1. The number of benzene rings is 2. The van der Waals surface area contributed by atoms with Crippen LogP contribution in [0.5, 0.6) is 0 Å². The molecular formula is C25H32BrN3O5S. The average Bonchev–Trinajstić information content (AvgIpc) is 2.73. The van der Waals surface area contributed by atoms with Gasteiger partial charge in [-0.15, -0.1) is 0 Å².